The van der Waals surface area contributed by atoms with Gasteiger partial charge in [0.1, 0.15) is 5.65 Å². The maximum absolute atomic E-state index is 12.2. The summed E-state index contributed by atoms with van der Waals surface area (Å²) in [5.74, 6) is 0. The van der Waals surface area contributed by atoms with Crippen molar-refractivity contribution in [2.75, 3.05) is 5.32 Å². The summed E-state index contributed by atoms with van der Waals surface area (Å²) in [4.78, 5) is 19.3. The number of benzene rings is 2. The predicted octanol–water partition coefficient (Wildman–Crippen LogP) is 4.38. The van der Waals surface area contributed by atoms with Gasteiger partial charge in [-0.1, -0.05) is 19.1 Å². The fourth-order valence-electron chi connectivity index (χ4n) is 2.93. The van der Waals surface area contributed by atoms with Gasteiger partial charge >= 0.3 is 0 Å². The van der Waals surface area contributed by atoms with Crippen LogP contribution in [0.2, 0.25) is 0 Å². The molecule has 0 aliphatic rings. The van der Waals surface area contributed by atoms with Gasteiger partial charge in [0.15, 0.2) is 0 Å². The first-order chi connectivity index (χ1) is 11.7. The zero-order chi connectivity index (χ0) is 16.5. The quantitative estimate of drug-likeness (QED) is 0.552. The van der Waals surface area contributed by atoms with Crippen molar-refractivity contribution in [2.24, 2.45) is 0 Å². The molecule has 0 saturated heterocycles. The van der Waals surface area contributed by atoms with E-state index < -0.39 is 0 Å². The number of anilines is 2. The molecule has 0 bridgehead atoms. The van der Waals surface area contributed by atoms with Crippen LogP contribution >= 0.6 is 0 Å². The number of fused-ring (bicyclic) bond motifs is 3. The molecule has 0 radical (unpaired) electrons. The Morgan fingerprint density at radius 3 is 2.54 bits per heavy atom. The highest BCUT2D eigenvalue weighted by atomic mass is 16.1. The first-order valence-electron chi connectivity index (χ1n) is 8.01. The van der Waals surface area contributed by atoms with Gasteiger partial charge in [-0.2, -0.15) is 0 Å². The Bertz CT molecular complexity index is 1080. The van der Waals surface area contributed by atoms with Gasteiger partial charge in [-0.25, -0.2) is 4.98 Å². The minimum absolute atomic E-state index is 0.116. The van der Waals surface area contributed by atoms with Gasteiger partial charge in [-0.15, -0.1) is 0 Å². The van der Waals surface area contributed by atoms with Crippen LogP contribution in [0.25, 0.3) is 21.8 Å². The molecular formula is C20H17N3O. The molecule has 4 aromatic rings. The van der Waals surface area contributed by atoms with Crippen LogP contribution in [-0.4, -0.2) is 9.97 Å². The van der Waals surface area contributed by atoms with Crippen LogP contribution in [0.4, 0.5) is 11.4 Å². The van der Waals surface area contributed by atoms with E-state index in [4.69, 9.17) is 0 Å². The Hall–Kier alpha value is -3.14. The summed E-state index contributed by atoms with van der Waals surface area (Å²) in [6.45, 7) is 2.14. The summed E-state index contributed by atoms with van der Waals surface area (Å²) in [5.41, 5.74) is 3.78. The highest BCUT2D eigenvalue weighted by Gasteiger charge is 2.06. The van der Waals surface area contributed by atoms with Gasteiger partial charge in [0, 0.05) is 33.7 Å². The van der Waals surface area contributed by atoms with Gasteiger partial charge in [0.25, 0.3) is 5.56 Å². The van der Waals surface area contributed by atoms with E-state index >= 15 is 0 Å². The molecule has 0 spiro atoms. The summed E-state index contributed by atoms with van der Waals surface area (Å²) in [6, 6.07) is 18.0. The lowest BCUT2D eigenvalue weighted by atomic mass is 10.1. The Morgan fingerprint density at radius 1 is 0.958 bits per heavy atom. The third-order valence-electron chi connectivity index (χ3n) is 4.24. The molecule has 118 valence electrons. The summed E-state index contributed by atoms with van der Waals surface area (Å²) >= 11 is 0. The highest BCUT2D eigenvalue weighted by Crippen LogP contribution is 2.25. The van der Waals surface area contributed by atoms with E-state index in [1.807, 2.05) is 30.3 Å². The molecule has 0 fully saturated rings. The number of pyridine rings is 2. The number of nitrogens with one attached hydrogen (secondary N) is 2. The first kappa shape index (κ1) is 14.5. The highest BCUT2D eigenvalue weighted by molar-refractivity contribution is 6.05. The van der Waals surface area contributed by atoms with Gasteiger partial charge in [-0.3, -0.25) is 4.79 Å². The number of aromatic nitrogens is 2. The second-order valence-electron chi connectivity index (χ2n) is 5.79. The van der Waals surface area contributed by atoms with Crippen LogP contribution in [0.1, 0.15) is 12.5 Å². The van der Waals surface area contributed by atoms with Crippen LogP contribution in [-0.2, 0) is 6.42 Å². The average molecular weight is 315 g/mol. The average Bonchev–Trinajstić information content (AvgIpc) is 2.62. The number of H-pyrrole nitrogens is 1. The number of nitrogens with zero attached hydrogens (tertiary/aromatic N) is 1. The van der Waals surface area contributed by atoms with Crippen molar-refractivity contribution in [3.63, 3.8) is 0 Å². The maximum Gasteiger partial charge on any atom is 0.257 e. The van der Waals surface area contributed by atoms with E-state index in [0.29, 0.717) is 11.0 Å². The zero-order valence-corrected chi connectivity index (χ0v) is 13.3. The smallest absolute Gasteiger partial charge is 0.257 e. The lowest BCUT2D eigenvalue weighted by molar-refractivity contribution is 1.14. The molecule has 4 rings (SSSR count). The normalized spacial score (nSPS) is 11.0. The van der Waals surface area contributed by atoms with Gasteiger partial charge < -0.3 is 10.3 Å². The number of hydrogen-bond acceptors (Lipinski definition) is 3. The zero-order valence-electron chi connectivity index (χ0n) is 13.3. The molecule has 2 N–H and O–H groups in total. The molecule has 2 heterocycles. The third-order valence-corrected chi connectivity index (χ3v) is 4.24. The van der Waals surface area contributed by atoms with E-state index in [2.05, 4.69) is 46.5 Å². The van der Waals surface area contributed by atoms with Gasteiger partial charge in [0.2, 0.25) is 0 Å². The second kappa shape index (κ2) is 5.81. The fraction of sp³-hybridized carbons (Fsp3) is 0.100. The molecule has 0 saturated carbocycles. The number of hydrogen-bond donors (Lipinski definition) is 2. The van der Waals surface area contributed by atoms with E-state index in [0.717, 1.165) is 28.6 Å². The monoisotopic (exact) mass is 315 g/mol. The lowest BCUT2D eigenvalue weighted by Gasteiger charge is -2.09. The summed E-state index contributed by atoms with van der Waals surface area (Å²) in [7, 11) is 0. The van der Waals surface area contributed by atoms with Crippen molar-refractivity contribution in [3.05, 3.63) is 76.7 Å². The molecule has 4 nitrogen and oxygen atoms in total. The van der Waals surface area contributed by atoms with Crippen LogP contribution < -0.4 is 10.9 Å². The fourth-order valence-corrected chi connectivity index (χ4v) is 2.93. The largest absolute Gasteiger partial charge is 0.356 e. The third kappa shape index (κ3) is 2.52. The maximum atomic E-state index is 12.2. The Morgan fingerprint density at radius 2 is 1.75 bits per heavy atom. The Balaban J connectivity index is 1.82. The molecule has 0 atom stereocenters. The van der Waals surface area contributed by atoms with E-state index in [-0.39, 0.29) is 5.56 Å². The number of aryl methyl sites for hydroxylation is 1. The predicted molar refractivity (Wildman–Crippen MR) is 99.0 cm³/mol. The van der Waals surface area contributed by atoms with Crippen molar-refractivity contribution < 1.29 is 0 Å². The Labute approximate surface area is 139 Å². The molecule has 0 aliphatic carbocycles. The molecule has 24 heavy (non-hydrogen) atoms. The Kier molecular flexibility index (Phi) is 3.50. The van der Waals surface area contributed by atoms with Crippen molar-refractivity contribution >= 4 is 33.2 Å². The second-order valence-corrected chi connectivity index (χ2v) is 5.79. The molecule has 4 heteroatoms. The molecule has 0 amide bonds. The van der Waals surface area contributed by atoms with Gasteiger partial charge in [-0.05, 0) is 54.4 Å². The first-order valence-corrected chi connectivity index (χ1v) is 8.01. The molecule has 0 aliphatic heterocycles. The topological polar surface area (TPSA) is 57.8 Å². The molecule has 2 aromatic heterocycles. The minimum Gasteiger partial charge on any atom is -0.356 e. The number of rotatable bonds is 3. The summed E-state index contributed by atoms with van der Waals surface area (Å²) in [6.07, 6.45) is 2.71. The summed E-state index contributed by atoms with van der Waals surface area (Å²) < 4.78 is 0. The van der Waals surface area contributed by atoms with Crippen LogP contribution in [0.15, 0.2) is 65.6 Å². The lowest BCUT2D eigenvalue weighted by Crippen LogP contribution is -2.07. The minimum atomic E-state index is -0.116. The SMILES string of the molecule is CCc1ccc(Nc2ccc3c(=O)[nH]c4ncccc4c3c2)cc1. The molecule has 0 unspecified atom stereocenters. The van der Waals surface area contributed by atoms with E-state index in [1.165, 1.54) is 5.56 Å². The van der Waals surface area contributed by atoms with Crippen LogP contribution in [0.3, 0.4) is 0 Å². The van der Waals surface area contributed by atoms with Crippen molar-refractivity contribution in [1.29, 1.82) is 0 Å². The molecule has 2 aromatic carbocycles. The number of aromatic amines is 1. The van der Waals surface area contributed by atoms with Crippen LogP contribution in [0, 0.1) is 0 Å². The van der Waals surface area contributed by atoms with Gasteiger partial charge in [0.05, 0.1) is 0 Å². The molecular weight excluding hydrogens is 298 g/mol. The van der Waals surface area contributed by atoms with E-state index in [9.17, 15) is 4.79 Å². The van der Waals surface area contributed by atoms with Crippen molar-refractivity contribution in [3.8, 4) is 0 Å². The van der Waals surface area contributed by atoms with Crippen LogP contribution in [0.5, 0.6) is 0 Å². The standard InChI is InChI=1S/C20H17N3O/c1-2-13-5-7-14(8-6-13)22-15-9-10-17-18(12-15)16-4-3-11-21-19(16)23-20(17)24/h3-12,22H,2H2,1H3,(H,21,23,24). The van der Waals surface area contributed by atoms with E-state index in [1.54, 1.807) is 6.20 Å². The van der Waals surface area contributed by atoms with Crippen molar-refractivity contribution in [2.45, 2.75) is 13.3 Å². The van der Waals surface area contributed by atoms with Crippen molar-refractivity contribution in [1.82, 2.24) is 9.97 Å². The summed E-state index contributed by atoms with van der Waals surface area (Å²) in [5, 5.41) is 5.91.